The van der Waals surface area contributed by atoms with Crippen LogP contribution >= 0.6 is 0 Å². The van der Waals surface area contributed by atoms with E-state index in [1.165, 1.54) is 0 Å². The Balaban J connectivity index is 1.55. The summed E-state index contributed by atoms with van der Waals surface area (Å²) in [6, 6.07) is 16.4. The average molecular weight is 643 g/mol. The fourth-order valence-electron chi connectivity index (χ4n) is 8.15. The van der Waals surface area contributed by atoms with Gasteiger partial charge >= 0.3 is 0 Å². The summed E-state index contributed by atoms with van der Waals surface area (Å²) < 4.78 is 6.92. The molecule has 1 N–H and O–H groups in total. The van der Waals surface area contributed by atoms with Gasteiger partial charge in [-0.3, -0.25) is 14.4 Å². The first-order chi connectivity index (χ1) is 22.7. The average Bonchev–Trinajstić information content (AvgIpc) is 3.65. The number of likely N-dealkylation sites (tertiary alicyclic amines) is 1. The molecule has 9 heteroatoms. The zero-order chi connectivity index (χ0) is 33.8. The van der Waals surface area contributed by atoms with Crippen LogP contribution in [-0.4, -0.2) is 84.3 Å². The maximum Gasteiger partial charge on any atom is 0.253 e. The van der Waals surface area contributed by atoms with Gasteiger partial charge in [0, 0.05) is 56.4 Å². The Hall–Kier alpha value is -3.95. The maximum absolute atomic E-state index is 14.9. The summed E-state index contributed by atoms with van der Waals surface area (Å²) in [5, 5.41) is 9.40. The number of carbonyl (C=O) groups is 3. The smallest absolute Gasteiger partial charge is 0.253 e. The van der Waals surface area contributed by atoms with Crippen LogP contribution in [0.5, 0.6) is 0 Å². The summed E-state index contributed by atoms with van der Waals surface area (Å²) in [6.45, 7) is 16.7. The Morgan fingerprint density at radius 3 is 2.09 bits per heavy atom. The van der Waals surface area contributed by atoms with Crippen molar-refractivity contribution in [3.63, 3.8) is 0 Å². The number of aliphatic hydroxyl groups is 1. The van der Waals surface area contributed by atoms with E-state index in [-0.39, 0.29) is 37.4 Å². The van der Waals surface area contributed by atoms with Gasteiger partial charge in [0.1, 0.15) is 11.6 Å². The quantitative estimate of drug-likeness (QED) is 0.200. The molecule has 5 atom stereocenters. The predicted octanol–water partition coefficient (Wildman–Crippen LogP) is 5.20. The normalized spacial score (nSPS) is 25.8. The summed E-state index contributed by atoms with van der Waals surface area (Å²) in [7, 11) is 0. The molecule has 0 aromatic heterocycles. The fraction of sp³-hybridized carbons (Fsp3) is 0.500. The zero-order valence-corrected chi connectivity index (χ0v) is 28.1. The van der Waals surface area contributed by atoms with Gasteiger partial charge in [-0.2, -0.15) is 0 Å². The van der Waals surface area contributed by atoms with Crippen LogP contribution in [0.4, 0.5) is 17.1 Å². The van der Waals surface area contributed by atoms with Crippen LogP contribution in [0.15, 0.2) is 79.9 Å². The molecule has 3 heterocycles. The Morgan fingerprint density at radius 1 is 0.894 bits per heavy atom. The highest BCUT2D eigenvalue weighted by molar-refractivity contribution is 6.06. The monoisotopic (exact) mass is 642 g/mol. The highest BCUT2D eigenvalue weighted by Crippen LogP contribution is 2.63. The molecule has 2 aromatic carbocycles. The summed E-state index contributed by atoms with van der Waals surface area (Å²) in [6.07, 6.45) is 6.40. The molecule has 0 aliphatic carbocycles. The number of hydrogen-bond donors (Lipinski definition) is 1. The first-order valence-electron chi connectivity index (χ1n) is 17.1. The van der Waals surface area contributed by atoms with Crippen LogP contribution < -0.4 is 14.7 Å². The van der Waals surface area contributed by atoms with Gasteiger partial charge in [-0.25, -0.2) is 0 Å². The van der Waals surface area contributed by atoms with E-state index in [4.69, 9.17) is 4.74 Å². The lowest BCUT2D eigenvalue weighted by Crippen LogP contribution is -2.56. The Morgan fingerprint density at radius 2 is 1.49 bits per heavy atom. The van der Waals surface area contributed by atoms with Crippen molar-refractivity contribution in [3.05, 3.63) is 79.9 Å². The lowest BCUT2D eigenvalue weighted by atomic mass is 9.66. The lowest BCUT2D eigenvalue weighted by molar-refractivity contribution is -0.144. The molecular weight excluding hydrogens is 592 g/mol. The minimum absolute atomic E-state index is 0.0656. The number of para-hydroxylation sites is 1. The number of rotatable bonds is 16. The Bertz CT molecular complexity index is 1440. The van der Waals surface area contributed by atoms with Crippen LogP contribution in [-0.2, 0) is 19.1 Å². The topological polar surface area (TPSA) is 93.6 Å². The van der Waals surface area contributed by atoms with Crippen LogP contribution in [0.25, 0.3) is 0 Å². The third kappa shape index (κ3) is 6.11. The SMILES string of the molecule is C=CCN(C(=O)C1N(CCCCCO)C(=O)[C@@H]2[C@H](C(=O)N(CC=C)c3ccccc3)[C@]3(C)CCC12O3)c1ccc(N(CC)CC)cc1. The summed E-state index contributed by atoms with van der Waals surface area (Å²) in [4.78, 5) is 51.4. The van der Waals surface area contributed by atoms with E-state index >= 15 is 0 Å². The standard InChI is InChI=1S/C38H50N4O5/c1-6-24-40(29-16-12-10-13-17-29)34(44)31-32-35(45)42(26-14-11-15-27-43)33(38(32)23-22-37(31,5)47-38)36(46)41(25-7-2)30-20-18-28(19-21-30)39(8-3)9-4/h6-7,10,12-13,16-21,31-33,43H,1-2,8-9,11,14-15,22-27H2,3-5H3/t31-,32+,33?,37+,38?/m1/s1. The first-order valence-corrected chi connectivity index (χ1v) is 17.1. The van der Waals surface area contributed by atoms with Gasteiger partial charge in [0.2, 0.25) is 11.8 Å². The Kier molecular flexibility index (Phi) is 10.6. The van der Waals surface area contributed by atoms with Gasteiger partial charge in [0.05, 0.1) is 17.4 Å². The number of anilines is 3. The summed E-state index contributed by atoms with van der Waals surface area (Å²) in [5.41, 5.74) is 0.464. The van der Waals surface area contributed by atoms with Crippen LogP contribution in [0, 0.1) is 11.8 Å². The molecule has 5 rings (SSSR count). The van der Waals surface area contributed by atoms with E-state index in [2.05, 4.69) is 31.9 Å². The lowest BCUT2D eigenvalue weighted by Gasteiger charge is -2.37. The zero-order valence-electron chi connectivity index (χ0n) is 28.1. The fourth-order valence-corrected chi connectivity index (χ4v) is 8.15. The van der Waals surface area contributed by atoms with E-state index < -0.39 is 29.1 Å². The third-order valence-corrected chi connectivity index (χ3v) is 10.3. The van der Waals surface area contributed by atoms with Crippen molar-refractivity contribution in [3.8, 4) is 0 Å². The second-order valence-corrected chi connectivity index (χ2v) is 13.0. The van der Waals surface area contributed by atoms with Crippen LogP contribution in [0.2, 0.25) is 0 Å². The predicted molar refractivity (Wildman–Crippen MR) is 186 cm³/mol. The first kappa shape index (κ1) is 34.4. The van der Waals surface area contributed by atoms with Crippen molar-refractivity contribution in [2.75, 3.05) is 54.0 Å². The molecule has 2 unspecified atom stereocenters. The molecule has 1 spiro atoms. The second kappa shape index (κ2) is 14.4. The van der Waals surface area contributed by atoms with E-state index in [0.29, 0.717) is 44.3 Å². The Labute approximate surface area is 279 Å². The van der Waals surface area contributed by atoms with Crippen molar-refractivity contribution in [1.29, 1.82) is 0 Å². The van der Waals surface area contributed by atoms with Crippen molar-refractivity contribution < 1.29 is 24.2 Å². The molecule has 47 heavy (non-hydrogen) atoms. The van der Waals surface area contributed by atoms with Gasteiger partial charge in [-0.15, -0.1) is 13.2 Å². The highest BCUT2D eigenvalue weighted by Gasteiger charge is 2.78. The second-order valence-electron chi connectivity index (χ2n) is 13.0. The van der Waals surface area contributed by atoms with Crippen molar-refractivity contribution in [2.45, 2.75) is 70.1 Å². The molecule has 9 nitrogen and oxygen atoms in total. The number of nitrogens with zero attached hydrogens (tertiary/aromatic N) is 4. The van der Waals surface area contributed by atoms with Gasteiger partial charge in [-0.1, -0.05) is 30.4 Å². The number of unbranched alkanes of at least 4 members (excludes halogenated alkanes) is 2. The molecule has 3 saturated heterocycles. The molecule has 3 fully saturated rings. The minimum Gasteiger partial charge on any atom is -0.396 e. The van der Waals surface area contributed by atoms with E-state index in [9.17, 15) is 19.5 Å². The number of carbonyl (C=O) groups excluding carboxylic acids is 3. The van der Waals surface area contributed by atoms with E-state index in [1.807, 2.05) is 61.5 Å². The van der Waals surface area contributed by atoms with Crippen molar-refractivity contribution in [2.24, 2.45) is 11.8 Å². The maximum atomic E-state index is 14.9. The summed E-state index contributed by atoms with van der Waals surface area (Å²) in [5.74, 6) is -2.20. The van der Waals surface area contributed by atoms with Gasteiger partial charge < -0.3 is 29.4 Å². The highest BCUT2D eigenvalue weighted by atomic mass is 16.5. The van der Waals surface area contributed by atoms with E-state index in [1.54, 1.807) is 26.9 Å². The molecule has 3 aliphatic heterocycles. The number of ether oxygens (including phenoxy) is 1. The molecule has 0 radical (unpaired) electrons. The number of benzene rings is 2. The van der Waals surface area contributed by atoms with Crippen molar-refractivity contribution in [1.82, 2.24) is 4.90 Å². The van der Waals surface area contributed by atoms with Crippen LogP contribution in [0.1, 0.15) is 52.9 Å². The number of hydrogen-bond acceptors (Lipinski definition) is 6. The number of amides is 3. The van der Waals surface area contributed by atoms with Gasteiger partial charge in [-0.05, 0) is 89.3 Å². The van der Waals surface area contributed by atoms with Crippen molar-refractivity contribution >= 4 is 34.8 Å². The minimum atomic E-state index is -1.14. The molecule has 252 valence electrons. The molecular formula is C38H50N4O5. The number of fused-ring (bicyclic) bond motifs is 1. The molecule has 2 aromatic rings. The van der Waals surface area contributed by atoms with Gasteiger partial charge in [0.25, 0.3) is 5.91 Å². The molecule has 3 amide bonds. The summed E-state index contributed by atoms with van der Waals surface area (Å²) >= 11 is 0. The largest absolute Gasteiger partial charge is 0.396 e. The third-order valence-electron chi connectivity index (χ3n) is 10.3. The molecule has 2 bridgehead atoms. The van der Waals surface area contributed by atoms with Crippen LogP contribution in [0.3, 0.4) is 0 Å². The van der Waals surface area contributed by atoms with Gasteiger partial charge in [0.15, 0.2) is 0 Å². The molecule has 0 saturated carbocycles. The molecule has 3 aliphatic rings. The van der Waals surface area contributed by atoms with E-state index in [0.717, 1.165) is 24.5 Å². The number of aliphatic hydroxyl groups excluding tert-OH is 1.